The standard InChI is InChI=1S/C14H13N5O/c1-8-11(13(20)19(18-8)14(15)16)6-9-7-17-12-5-3-2-4-10(9)12/h2-7,18H,1H3,(H3,15,16). The van der Waals surface area contributed by atoms with Crippen molar-refractivity contribution in [2.45, 2.75) is 6.92 Å². The van der Waals surface area contributed by atoms with Crippen molar-refractivity contribution in [1.82, 2.24) is 9.78 Å². The summed E-state index contributed by atoms with van der Waals surface area (Å²) >= 11 is 0. The molecule has 1 aromatic carbocycles. The number of H-pyrrole nitrogens is 1. The molecule has 20 heavy (non-hydrogen) atoms. The Kier molecular flexibility index (Phi) is 2.64. The third kappa shape index (κ3) is 1.78. The smallest absolute Gasteiger partial charge is 0.281 e. The monoisotopic (exact) mass is 267 g/mol. The summed E-state index contributed by atoms with van der Waals surface area (Å²) in [4.78, 5) is 16.5. The zero-order valence-electron chi connectivity index (χ0n) is 10.8. The molecule has 1 aromatic heterocycles. The summed E-state index contributed by atoms with van der Waals surface area (Å²) in [5.41, 5.74) is 8.91. The predicted molar refractivity (Wildman–Crippen MR) is 79.6 cm³/mol. The number of rotatable bonds is 1. The van der Waals surface area contributed by atoms with Crippen molar-refractivity contribution in [1.29, 1.82) is 5.41 Å². The third-order valence-corrected chi connectivity index (χ3v) is 3.22. The number of fused-ring (bicyclic) bond motifs is 1. The van der Waals surface area contributed by atoms with Crippen LogP contribution in [-0.2, 0) is 0 Å². The summed E-state index contributed by atoms with van der Waals surface area (Å²) in [7, 11) is 0. The van der Waals surface area contributed by atoms with Gasteiger partial charge >= 0.3 is 0 Å². The maximum Gasteiger partial charge on any atom is 0.281 e. The number of nitrogen functional groups attached to an aromatic ring is 1. The summed E-state index contributed by atoms with van der Waals surface area (Å²) in [5.74, 6) is -0.330. The van der Waals surface area contributed by atoms with Crippen molar-refractivity contribution < 1.29 is 0 Å². The maximum atomic E-state index is 12.2. The zero-order chi connectivity index (χ0) is 14.3. The van der Waals surface area contributed by atoms with Crippen LogP contribution in [0.3, 0.4) is 0 Å². The Balaban J connectivity index is 2.14. The number of aromatic nitrogens is 2. The minimum atomic E-state index is -0.333. The van der Waals surface area contributed by atoms with E-state index < -0.39 is 0 Å². The van der Waals surface area contributed by atoms with E-state index in [1.807, 2.05) is 24.3 Å². The molecule has 6 heteroatoms. The molecule has 100 valence electrons. The van der Waals surface area contributed by atoms with Crippen LogP contribution in [0, 0.1) is 12.3 Å². The molecule has 1 aliphatic heterocycles. The van der Waals surface area contributed by atoms with Crippen molar-refractivity contribution in [3.63, 3.8) is 0 Å². The zero-order valence-corrected chi connectivity index (χ0v) is 10.8. The van der Waals surface area contributed by atoms with Crippen LogP contribution in [0.1, 0.15) is 16.8 Å². The summed E-state index contributed by atoms with van der Waals surface area (Å²) in [6.07, 6.45) is 3.50. The van der Waals surface area contributed by atoms with Crippen molar-refractivity contribution in [2.75, 3.05) is 0 Å². The molecule has 0 aliphatic carbocycles. The van der Waals surface area contributed by atoms with Gasteiger partial charge in [0.05, 0.1) is 11.3 Å². The second kappa shape index (κ2) is 4.34. The molecular formula is C14H13N5O. The molecule has 3 rings (SSSR count). The van der Waals surface area contributed by atoms with Gasteiger partial charge < -0.3 is 5.73 Å². The molecule has 2 aromatic rings. The van der Waals surface area contributed by atoms with Gasteiger partial charge in [-0.05, 0) is 19.1 Å². The fourth-order valence-corrected chi connectivity index (χ4v) is 2.21. The Morgan fingerprint density at radius 2 is 2.20 bits per heavy atom. The lowest BCUT2D eigenvalue weighted by Gasteiger charge is -1.97. The van der Waals surface area contributed by atoms with Crippen LogP contribution in [-0.4, -0.2) is 22.0 Å². The van der Waals surface area contributed by atoms with E-state index in [1.165, 1.54) is 0 Å². The van der Waals surface area contributed by atoms with E-state index in [0.29, 0.717) is 11.3 Å². The highest BCUT2D eigenvalue weighted by atomic mass is 16.1. The fraction of sp³-hybridized carbons (Fsp3) is 0.0714. The number of aliphatic imine (C=N–C) groups is 1. The molecule has 6 nitrogen and oxygen atoms in total. The number of benzene rings is 1. The van der Waals surface area contributed by atoms with Gasteiger partial charge in [0.25, 0.3) is 5.56 Å². The highest BCUT2D eigenvalue weighted by Gasteiger charge is 2.15. The number of aromatic amines is 1. The first-order valence-electron chi connectivity index (χ1n) is 6.09. The Hall–Kier alpha value is -2.89. The molecule has 0 amide bonds. The molecule has 0 unspecified atom stereocenters. The van der Waals surface area contributed by atoms with Gasteiger partial charge in [0.15, 0.2) is 0 Å². The number of nitrogens with zero attached hydrogens (tertiary/aromatic N) is 2. The second-order valence-electron chi connectivity index (χ2n) is 4.55. The Labute approximate surface area is 114 Å². The molecule has 0 saturated heterocycles. The largest absolute Gasteiger partial charge is 0.368 e. The number of hydrogen-bond donors (Lipinski definition) is 3. The number of para-hydroxylation sites is 1. The molecule has 0 bridgehead atoms. The lowest BCUT2D eigenvalue weighted by atomic mass is 10.0. The van der Waals surface area contributed by atoms with Crippen molar-refractivity contribution in [2.24, 2.45) is 10.7 Å². The molecule has 2 heterocycles. The normalized spacial score (nSPS) is 14.8. The van der Waals surface area contributed by atoms with Gasteiger partial charge in [0.1, 0.15) is 0 Å². The van der Waals surface area contributed by atoms with E-state index in [4.69, 9.17) is 11.1 Å². The van der Waals surface area contributed by atoms with Crippen LogP contribution in [0.4, 0.5) is 5.69 Å². The van der Waals surface area contributed by atoms with E-state index >= 15 is 0 Å². The van der Waals surface area contributed by atoms with Crippen LogP contribution in [0.5, 0.6) is 0 Å². The van der Waals surface area contributed by atoms with Crippen LogP contribution in [0.15, 0.2) is 34.1 Å². The first kappa shape index (κ1) is 12.2. The molecule has 1 aliphatic rings. The number of hydrogen-bond acceptors (Lipinski definition) is 3. The molecule has 0 radical (unpaired) electrons. The molecule has 0 fully saturated rings. The lowest BCUT2D eigenvalue weighted by molar-refractivity contribution is 0.865. The van der Waals surface area contributed by atoms with Gasteiger partial charge in [-0.3, -0.25) is 20.3 Å². The topological polar surface area (TPSA) is 100 Å². The molecule has 0 atom stereocenters. The number of allylic oxidation sites excluding steroid dienone is 1. The molecule has 0 spiro atoms. The Bertz CT molecular complexity index is 822. The average Bonchev–Trinajstić information content (AvgIpc) is 2.95. The molecule has 0 saturated carbocycles. The van der Waals surface area contributed by atoms with Gasteiger partial charge in [-0.1, -0.05) is 18.2 Å². The van der Waals surface area contributed by atoms with Gasteiger partial charge in [0.2, 0.25) is 5.96 Å². The summed E-state index contributed by atoms with van der Waals surface area (Å²) in [5, 5.41) is 10.1. The van der Waals surface area contributed by atoms with Crippen molar-refractivity contribution in [3.8, 4) is 0 Å². The minimum absolute atomic E-state index is 0.330. The summed E-state index contributed by atoms with van der Waals surface area (Å²) in [6, 6.07) is 7.73. The Morgan fingerprint density at radius 3 is 2.90 bits per heavy atom. The van der Waals surface area contributed by atoms with Gasteiger partial charge in [-0.2, -0.15) is 4.68 Å². The maximum absolute atomic E-state index is 12.2. The summed E-state index contributed by atoms with van der Waals surface area (Å²) in [6.45, 7) is 1.77. The van der Waals surface area contributed by atoms with E-state index in [9.17, 15) is 4.79 Å². The van der Waals surface area contributed by atoms with Crippen molar-refractivity contribution in [3.05, 3.63) is 51.4 Å². The first-order valence-corrected chi connectivity index (χ1v) is 6.09. The lowest BCUT2D eigenvalue weighted by Crippen LogP contribution is -2.31. The van der Waals surface area contributed by atoms with Gasteiger partial charge in [0, 0.05) is 23.0 Å². The minimum Gasteiger partial charge on any atom is -0.368 e. The van der Waals surface area contributed by atoms with Crippen LogP contribution in [0.25, 0.3) is 11.6 Å². The molecule has 4 N–H and O–H groups in total. The fourth-order valence-electron chi connectivity index (χ4n) is 2.21. The number of nitrogens with two attached hydrogens (primary N) is 1. The first-order chi connectivity index (χ1) is 9.58. The van der Waals surface area contributed by atoms with E-state index in [2.05, 4.69) is 10.1 Å². The van der Waals surface area contributed by atoms with Crippen LogP contribution in [0.2, 0.25) is 0 Å². The average molecular weight is 267 g/mol. The SMILES string of the molecule is Cc1[nH]n(C(=N)N)c(=O)c1C=C1C=Nc2ccccc21. The highest BCUT2D eigenvalue weighted by molar-refractivity contribution is 6.21. The summed E-state index contributed by atoms with van der Waals surface area (Å²) < 4.78 is 1.01. The van der Waals surface area contributed by atoms with Crippen LogP contribution < -0.4 is 11.3 Å². The van der Waals surface area contributed by atoms with E-state index in [1.54, 1.807) is 19.2 Å². The quantitative estimate of drug-likeness (QED) is 0.538. The van der Waals surface area contributed by atoms with Crippen molar-refractivity contribution >= 4 is 29.5 Å². The number of aryl methyl sites for hydroxylation is 1. The highest BCUT2D eigenvalue weighted by Crippen LogP contribution is 2.31. The number of nitrogens with one attached hydrogen (secondary N) is 2. The predicted octanol–water partition coefficient (Wildman–Crippen LogP) is 1.48. The molecular weight excluding hydrogens is 254 g/mol. The van der Waals surface area contributed by atoms with E-state index in [0.717, 1.165) is 21.5 Å². The van der Waals surface area contributed by atoms with Gasteiger partial charge in [-0.25, -0.2) is 0 Å². The van der Waals surface area contributed by atoms with Gasteiger partial charge in [-0.15, -0.1) is 0 Å². The second-order valence-corrected chi connectivity index (χ2v) is 4.55. The Morgan fingerprint density at radius 1 is 1.45 bits per heavy atom. The van der Waals surface area contributed by atoms with E-state index in [-0.39, 0.29) is 11.5 Å². The van der Waals surface area contributed by atoms with Crippen LogP contribution >= 0.6 is 0 Å². The third-order valence-electron chi connectivity index (χ3n) is 3.22.